The minimum Gasteiger partial charge on any atom is -0.493 e. The van der Waals surface area contributed by atoms with Gasteiger partial charge in [0.2, 0.25) is 5.52 Å². The highest BCUT2D eigenvalue weighted by Crippen LogP contribution is 2.34. The lowest BCUT2D eigenvalue weighted by Crippen LogP contribution is -2.12. The van der Waals surface area contributed by atoms with Crippen molar-refractivity contribution in [2.75, 3.05) is 13.2 Å². The Hall–Kier alpha value is -2.06. The van der Waals surface area contributed by atoms with Crippen molar-refractivity contribution < 1.29 is 18.8 Å². The summed E-state index contributed by atoms with van der Waals surface area (Å²) in [6, 6.07) is 11.0. The summed E-state index contributed by atoms with van der Waals surface area (Å²) in [5.41, 5.74) is 1.93. The summed E-state index contributed by atoms with van der Waals surface area (Å²) in [7, 11) is -2.73. The van der Waals surface area contributed by atoms with Gasteiger partial charge in [0.05, 0.1) is 18.5 Å². The van der Waals surface area contributed by atoms with Gasteiger partial charge in [-0.05, 0) is 49.9 Å². The lowest BCUT2D eigenvalue weighted by Gasteiger charge is -2.15. The first-order valence-electron chi connectivity index (χ1n) is 11.0. The van der Waals surface area contributed by atoms with Crippen LogP contribution in [0.1, 0.15) is 73.9 Å². The molecule has 4 nitrogen and oxygen atoms in total. The Labute approximate surface area is 181 Å². The van der Waals surface area contributed by atoms with Gasteiger partial charge in [0, 0.05) is 11.6 Å². The molecule has 164 valence electrons. The van der Waals surface area contributed by atoms with E-state index in [0.717, 1.165) is 49.7 Å². The van der Waals surface area contributed by atoms with E-state index < -0.39 is 7.80 Å². The summed E-state index contributed by atoms with van der Waals surface area (Å²) in [5, 5.41) is 0.477. The van der Waals surface area contributed by atoms with Crippen molar-refractivity contribution in [3.05, 3.63) is 53.1 Å². The highest BCUT2D eigenvalue weighted by atomic mass is 31.1. The van der Waals surface area contributed by atoms with E-state index in [1.165, 1.54) is 0 Å². The molecule has 0 aliphatic rings. The van der Waals surface area contributed by atoms with E-state index in [0.29, 0.717) is 35.6 Å². The molecule has 1 unspecified atom stereocenters. The largest absolute Gasteiger partial charge is 0.493 e. The van der Waals surface area contributed by atoms with Crippen LogP contribution >= 0.6 is 7.80 Å². The third kappa shape index (κ3) is 6.74. The van der Waals surface area contributed by atoms with Crippen LogP contribution in [-0.2, 0) is 4.57 Å². The maximum atomic E-state index is 13.3. The van der Waals surface area contributed by atoms with E-state index in [1.807, 2.05) is 32.0 Å². The molecule has 0 aliphatic carbocycles. The summed E-state index contributed by atoms with van der Waals surface area (Å²) in [5.74, 6) is 1.19. The summed E-state index contributed by atoms with van der Waals surface area (Å²) in [4.78, 5) is 13.1. The first-order valence-corrected chi connectivity index (χ1v) is 12.4. The molecule has 0 saturated heterocycles. The third-order valence-electron chi connectivity index (χ3n) is 5.13. The number of benzene rings is 2. The molecule has 0 saturated carbocycles. The first kappa shape index (κ1) is 24.2. The average molecular weight is 431 g/mol. The van der Waals surface area contributed by atoms with Crippen molar-refractivity contribution in [2.45, 2.75) is 66.2 Å². The van der Waals surface area contributed by atoms with Crippen molar-refractivity contribution in [2.24, 2.45) is 0 Å². The molecule has 0 N–H and O–H groups in total. The molecule has 0 heterocycles. The molecule has 1 atom stereocenters. The minimum atomic E-state index is -2.73. The van der Waals surface area contributed by atoms with Crippen LogP contribution in [0.25, 0.3) is 0 Å². The van der Waals surface area contributed by atoms with Crippen LogP contribution in [0.4, 0.5) is 0 Å². The second-order valence-corrected chi connectivity index (χ2v) is 9.35. The normalized spacial score (nSPS) is 11.9. The predicted octanol–water partition coefficient (Wildman–Crippen LogP) is 6.47. The Balaban J connectivity index is 2.26. The maximum Gasteiger partial charge on any atom is 0.223 e. The second kappa shape index (κ2) is 12.6. The monoisotopic (exact) mass is 430 g/mol. The van der Waals surface area contributed by atoms with E-state index in [9.17, 15) is 9.36 Å². The SMILES string of the molecule is CCCCCOc1ccc([PH](=O)C(=O)c2c(C)cccc2C)c(OCCCCC)c1. The van der Waals surface area contributed by atoms with Crippen LogP contribution in [0.2, 0.25) is 0 Å². The molecule has 0 spiro atoms. The van der Waals surface area contributed by atoms with Gasteiger partial charge in [0.25, 0.3) is 0 Å². The quantitative estimate of drug-likeness (QED) is 0.270. The number of carbonyl (C=O) groups is 1. The van der Waals surface area contributed by atoms with Gasteiger partial charge >= 0.3 is 0 Å². The van der Waals surface area contributed by atoms with Gasteiger partial charge in [-0.3, -0.25) is 4.79 Å². The van der Waals surface area contributed by atoms with Crippen LogP contribution in [0, 0.1) is 13.8 Å². The van der Waals surface area contributed by atoms with Crippen LogP contribution in [0.3, 0.4) is 0 Å². The lowest BCUT2D eigenvalue weighted by atomic mass is 10.0. The summed E-state index contributed by atoms with van der Waals surface area (Å²) >= 11 is 0. The van der Waals surface area contributed by atoms with Gasteiger partial charge in [-0.2, -0.15) is 0 Å². The zero-order valence-corrected chi connectivity index (χ0v) is 19.8. The van der Waals surface area contributed by atoms with E-state index in [4.69, 9.17) is 9.47 Å². The third-order valence-corrected chi connectivity index (χ3v) is 6.70. The zero-order valence-electron chi connectivity index (χ0n) is 18.8. The standard InChI is InChI=1S/C25H35O4P/c1-5-7-9-16-28-21-14-15-23(22(18-21)29-17-10-8-6-2)30(27)25(26)24-19(3)12-11-13-20(24)4/h11-15,18,30H,5-10,16-17H2,1-4H3. The van der Waals surface area contributed by atoms with Crippen LogP contribution in [-0.4, -0.2) is 18.7 Å². The van der Waals surface area contributed by atoms with Crippen LogP contribution in [0.5, 0.6) is 11.5 Å². The number of rotatable bonds is 13. The van der Waals surface area contributed by atoms with Gasteiger partial charge in [-0.1, -0.05) is 57.7 Å². The molecule has 0 amide bonds. The lowest BCUT2D eigenvalue weighted by molar-refractivity contribution is 0.107. The molecular weight excluding hydrogens is 395 g/mol. The molecule has 2 rings (SSSR count). The molecule has 0 radical (unpaired) electrons. The highest BCUT2D eigenvalue weighted by Gasteiger charge is 2.23. The van der Waals surface area contributed by atoms with Crippen molar-refractivity contribution in [3.8, 4) is 11.5 Å². The van der Waals surface area contributed by atoms with E-state index in [-0.39, 0.29) is 5.52 Å². The molecular formula is C25H35O4P. The van der Waals surface area contributed by atoms with Crippen LogP contribution < -0.4 is 14.8 Å². The average Bonchev–Trinajstić information content (AvgIpc) is 2.74. The molecule has 0 fully saturated rings. The fraction of sp³-hybridized carbons (Fsp3) is 0.480. The summed E-state index contributed by atoms with van der Waals surface area (Å²) in [6.07, 6.45) is 6.33. The van der Waals surface area contributed by atoms with Crippen molar-refractivity contribution in [3.63, 3.8) is 0 Å². The number of hydrogen-bond acceptors (Lipinski definition) is 4. The molecule has 0 bridgehead atoms. The Kier molecular flexibility index (Phi) is 10.2. The fourth-order valence-corrected chi connectivity index (χ4v) is 4.85. The second-order valence-electron chi connectivity index (χ2n) is 7.69. The van der Waals surface area contributed by atoms with Gasteiger partial charge in [0.1, 0.15) is 11.5 Å². The highest BCUT2D eigenvalue weighted by molar-refractivity contribution is 7.71. The Morgan fingerprint density at radius 2 is 1.47 bits per heavy atom. The summed E-state index contributed by atoms with van der Waals surface area (Å²) in [6.45, 7) is 9.22. The van der Waals surface area contributed by atoms with E-state index in [1.54, 1.807) is 18.2 Å². The van der Waals surface area contributed by atoms with Crippen molar-refractivity contribution >= 4 is 18.6 Å². The maximum absolute atomic E-state index is 13.3. The van der Waals surface area contributed by atoms with Crippen molar-refractivity contribution in [1.29, 1.82) is 0 Å². The Morgan fingerprint density at radius 1 is 0.867 bits per heavy atom. The Morgan fingerprint density at radius 3 is 2.07 bits per heavy atom. The molecule has 2 aromatic rings. The number of unbranched alkanes of at least 4 members (excludes halogenated alkanes) is 4. The fourth-order valence-electron chi connectivity index (χ4n) is 3.38. The van der Waals surface area contributed by atoms with Gasteiger partial charge in [-0.15, -0.1) is 0 Å². The minimum absolute atomic E-state index is 0.314. The molecule has 2 aromatic carbocycles. The van der Waals surface area contributed by atoms with Crippen LogP contribution in [0.15, 0.2) is 36.4 Å². The molecule has 5 heteroatoms. The summed E-state index contributed by atoms with van der Waals surface area (Å²) < 4.78 is 25.1. The number of ether oxygens (including phenoxy) is 2. The predicted molar refractivity (Wildman–Crippen MR) is 125 cm³/mol. The van der Waals surface area contributed by atoms with Gasteiger partial charge < -0.3 is 14.0 Å². The molecule has 0 aliphatic heterocycles. The van der Waals surface area contributed by atoms with Gasteiger partial charge in [-0.25, -0.2) is 0 Å². The number of carbonyl (C=O) groups excluding carboxylic acids is 1. The van der Waals surface area contributed by atoms with Gasteiger partial charge in [0.15, 0.2) is 7.80 Å². The molecule has 0 aromatic heterocycles. The topological polar surface area (TPSA) is 52.6 Å². The zero-order chi connectivity index (χ0) is 21.9. The molecule has 30 heavy (non-hydrogen) atoms. The van der Waals surface area contributed by atoms with E-state index >= 15 is 0 Å². The number of aryl methyl sites for hydroxylation is 2. The first-order chi connectivity index (χ1) is 14.5. The Bertz CT molecular complexity index is 840. The van der Waals surface area contributed by atoms with E-state index in [2.05, 4.69) is 13.8 Å². The smallest absolute Gasteiger partial charge is 0.223 e. The number of hydrogen-bond donors (Lipinski definition) is 0. The van der Waals surface area contributed by atoms with Crippen molar-refractivity contribution in [1.82, 2.24) is 0 Å².